The van der Waals surface area contributed by atoms with Gasteiger partial charge in [0.15, 0.2) is 0 Å². The van der Waals surface area contributed by atoms with E-state index in [1.165, 1.54) is 19.0 Å². The van der Waals surface area contributed by atoms with Crippen molar-refractivity contribution in [1.82, 2.24) is 24.3 Å². The lowest BCUT2D eigenvalue weighted by Crippen LogP contribution is -2.49. The van der Waals surface area contributed by atoms with Gasteiger partial charge < -0.3 is 9.15 Å². The first-order chi connectivity index (χ1) is 16.9. The highest BCUT2D eigenvalue weighted by Gasteiger charge is 2.39. The summed E-state index contributed by atoms with van der Waals surface area (Å²) in [5, 5.41) is 13.4. The molecule has 35 heavy (non-hydrogen) atoms. The molecule has 0 atom stereocenters. The Hall–Kier alpha value is -2.60. The van der Waals surface area contributed by atoms with Gasteiger partial charge in [-0.1, -0.05) is 47.0 Å². The molecule has 182 valence electrons. The molecule has 9 nitrogen and oxygen atoms in total. The van der Waals surface area contributed by atoms with Crippen LogP contribution < -0.4 is 0 Å². The second-order valence-corrected chi connectivity index (χ2v) is 11.8. The van der Waals surface area contributed by atoms with Gasteiger partial charge in [-0.3, -0.25) is 4.90 Å². The molecule has 1 spiro atoms. The fraction of sp³-hybridized carbons (Fsp3) is 0.375. The third-order valence-electron chi connectivity index (χ3n) is 6.79. The first kappa shape index (κ1) is 22.8. The summed E-state index contributed by atoms with van der Waals surface area (Å²) in [4.78, 5) is 2.48. The summed E-state index contributed by atoms with van der Waals surface area (Å²) in [6.07, 6.45) is 6.15. The van der Waals surface area contributed by atoms with Crippen LogP contribution in [0.3, 0.4) is 0 Å². The lowest BCUT2D eigenvalue weighted by molar-refractivity contribution is -0.108. The number of benzene rings is 2. The summed E-state index contributed by atoms with van der Waals surface area (Å²) in [5.74, 6) is 0.847. The Labute approximate surface area is 211 Å². The van der Waals surface area contributed by atoms with Crippen molar-refractivity contribution in [3.63, 3.8) is 0 Å². The number of hydrogen-bond acceptors (Lipinski definition) is 8. The van der Waals surface area contributed by atoms with E-state index in [-0.39, 0.29) is 10.5 Å². The van der Waals surface area contributed by atoms with Crippen molar-refractivity contribution in [3.05, 3.63) is 59.0 Å². The Balaban J connectivity index is 1.31. The quantitative estimate of drug-likeness (QED) is 0.359. The Kier molecular flexibility index (Phi) is 5.75. The Bertz CT molecular complexity index is 1480. The van der Waals surface area contributed by atoms with Crippen LogP contribution in [0.2, 0.25) is 0 Å². The first-order valence-corrected chi connectivity index (χ1v) is 13.8. The molecule has 0 amide bonds. The van der Waals surface area contributed by atoms with Gasteiger partial charge in [-0.05, 0) is 37.1 Å². The van der Waals surface area contributed by atoms with Crippen LogP contribution in [0, 0.1) is 0 Å². The van der Waals surface area contributed by atoms with E-state index in [4.69, 9.17) is 9.15 Å². The van der Waals surface area contributed by atoms with Gasteiger partial charge in [0.05, 0.1) is 40.9 Å². The highest BCUT2D eigenvalue weighted by Crippen LogP contribution is 2.37. The standard InChI is InChI=1S/C24H24BrN5O4S/c25-17-12-19(20-14-26-30(21(20)13-17)35(31,32)18-6-2-1-3-7-18)23-28-27-22(34-23)15-29-10-11-33-24(16-29)8-4-5-9-24/h1-3,6-7,12-14H,4-5,8-11,15-16H2. The molecule has 0 N–H and O–H groups in total. The number of morpholine rings is 1. The van der Waals surface area contributed by atoms with E-state index < -0.39 is 10.0 Å². The molecule has 1 saturated carbocycles. The van der Waals surface area contributed by atoms with Gasteiger partial charge in [0.2, 0.25) is 11.8 Å². The second-order valence-electron chi connectivity index (χ2n) is 9.14. The van der Waals surface area contributed by atoms with Gasteiger partial charge in [-0.15, -0.1) is 10.2 Å². The average Bonchev–Trinajstić information content (AvgIpc) is 3.60. The maximum atomic E-state index is 13.2. The molecule has 4 aromatic rings. The predicted molar refractivity (Wildman–Crippen MR) is 132 cm³/mol. The maximum Gasteiger partial charge on any atom is 0.283 e. The van der Waals surface area contributed by atoms with Gasteiger partial charge in [0.1, 0.15) is 0 Å². The third kappa shape index (κ3) is 4.20. The minimum absolute atomic E-state index is 0.0314. The van der Waals surface area contributed by atoms with Crippen molar-refractivity contribution in [2.45, 2.75) is 42.7 Å². The number of ether oxygens (including phenoxy) is 1. The van der Waals surface area contributed by atoms with Crippen molar-refractivity contribution < 1.29 is 17.6 Å². The molecule has 1 aliphatic heterocycles. The molecule has 2 fully saturated rings. The predicted octanol–water partition coefficient (Wildman–Crippen LogP) is 4.23. The number of aromatic nitrogens is 4. The Morgan fingerprint density at radius 1 is 1.09 bits per heavy atom. The molecule has 6 rings (SSSR count). The smallest absolute Gasteiger partial charge is 0.283 e. The fourth-order valence-corrected chi connectivity index (χ4v) is 6.86. The molecule has 1 aliphatic carbocycles. The summed E-state index contributed by atoms with van der Waals surface area (Å²) >= 11 is 3.50. The number of hydrogen-bond donors (Lipinski definition) is 0. The van der Waals surface area contributed by atoms with Gasteiger partial charge >= 0.3 is 0 Å². The molecule has 11 heteroatoms. The van der Waals surface area contributed by atoms with E-state index in [1.807, 2.05) is 6.07 Å². The SMILES string of the molecule is O=S(=O)(c1ccccc1)n1ncc2c(-c3nnc(CN4CCOC5(CCCC5)C4)o3)cc(Br)cc21. The van der Waals surface area contributed by atoms with Crippen LogP contribution in [-0.4, -0.2) is 58.0 Å². The lowest BCUT2D eigenvalue weighted by Gasteiger charge is -2.40. The van der Waals surface area contributed by atoms with E-state index in [0.29, 0.717) is 45.9 Å². The zero-order valence-electron chi connectivity index (χ0n) is 18.9. The fourth-order valence-electron chi connectivity index (χ4n) is 5.13. The van der Waals surface area contributed by atoms with Crippen LogP contribution in [0.25, 0.3) is 22.4 Å². The summed E-state index contributed by atoms with van der Waals surface area (Å²) in [6.45, 7) is 2.96. The molecule has 1 saturated heterocycles. The number of fused-ring (bicyclic) bond motifs is 1. The van der Waals surface area contributed by atoms with Crippen molar-refractivity contribution in [2.24, 2.45) is 0 Å². The monoisotopic (exact) mass is 557 g/mol. The van der Waals surface area contributed by atoms with Gasteiger partial charge in [-0.2, -0.15) is 17.6 Å². The van der Waals surface area contributed by atoms with Gasteiger partial charge in [0.25, 0.3) is 10.0 Å². The minimum Gasteiger partial charge on any atom is -0.419 e. The summed E-state index contributed by atoms with van der Waals surface area (Å²) in [5.41, 5.74) is 1.02. The molecule has 2 aliphatic rings. The number of nitrogens with zero attached hydrogens (tertiary/aromatic N) is 5. The van der Waals surface area contributed by atoms with Crippen LogP contribution in [0.4, 0.5) is 0 Å². The third-order valence-corrected chi connectivity index (χ3v) is 8.86. The minimum atomic E-state index is -3.86. The van der Waals surface area contributed by atoms with Crippen LogP contribution >= 0.6 is 15.9 Å². The highest BCUT2D eigenvalue weighted by atomic mass is 79.9. The zero-order chi connectivity index (χ0) is 24.0. The van der Waals surface area contributed by atoms with Crippen molar-refractivity contribution >= 4 is 36.9 Å². The average molecular weight is 558 g/mol. The van der Waals surface area contributed by atoms with Crippen molar-refractivity contribution in [3.8, 4) is 11.5 Å². The molecule has 2 aromatic carbocycles. The lowest BCUT2D eigenvalue weighted by atomic mass is 10.00. The van der Waals surface area contributed by atoms with Crippen molar-refractivity contribution in [2.75, 3.05) is 19.7 Å². The largest absolute Gasteiger partial charge is 0.419 e. The summed E-state index contributed by atoms with van der Waals surface area (Å²) in [6, 6.07) is 11.8. The maximum absolute atomic E-state index is 13.2. The zero-order valence-corrected chi connectivity index (χ0v) is 21.3. The highest BCUT2D eigenvalue weighted by molar-refractivity contribution is 9.10. The molecule has 3 heterocycles. The Morgan fingerprint density at radius 3 is 2.69 bits per heavy atom. The number of rotatable bonds is 5. The van der Waals surface area contributed by atoms with Crippen LogP contribution in [0.15, 0.2) is 62.4 Å². The van der Waals surface area contributed by atoms with Crippen LogP contribution in [0.5, 0.6) is 0 Å². The first-order valence-electron chi connectivity index (χ1n) is 11.6. The topological polar surface area (TPSA) is 103 Å². The van der Waals surface area contributed by atoms with E-state index in [2.05, 4.69) is 36.1 Å². The van der Waals surface area contributed by atoms with E-state index >= 15 is 0 Å². The summed E-state index contributed by atoms with van der Waals surface area (Å²) < 4.78 is 40.3. The normalized spacial score (nSPS) is 18.5. The molecule has 0 unspecified atom stereocenters. The van der Waals surface area contributed by atoms with Crippen LogP contribution in [0.1, 0.15) is 31.6 Å². The van der Waals surface area contributed by atoms with Crippen LogP contribution in [-0.2, 0) is 21.3 Å². The molecule has 0 radical (unpaired) electrons. The van der Waals surface area contributed by atoms with E-state index in [9.17, 15) is 8.42 Å². The Morgan fingerprint density at radius 2 is 1.89 bits per heavy atom. The molecular weight excluding hydrogens is 534 g/mol. The summed E-state index contributed by atoms with van der Waals surface area (Å²) in [7, 11) is -3.86. The molecule has 2 aromatic heterocycles. The van der Waals surface area contributed by atoms with E-state index in [0.717, 1.165) is 30.0 Å². The molecular formula is C24H24BrN5O4S. The molecule has 0 bridgehead atoms. The number of halogens is 1. The van der Waals surface area contributed by atoms with Gasteiger partial charge in [-0.25, -0.2) is 0 Å². The van der Waals surface area contributed by atoms with Crippen molar-refractivity contribution in [1.29, 1.82) is 0 Å². The van der Waals surface area contributed by atoms with Gasteiger partial charge in [0, 0.05) is 22.9 Å². The second kappa shape index (κ2) is 8.81. The van der Waals surface area contributed by atoms with E-state index in [1.54, 1.807) is 36.4 Å².